The van der Waals surface area contributed by atoms with Crippen molar-refractivity contribution in [2.24, 2.45) is 0 Å². The van der Waals surface area contributed by atoms with Gasteiger partial charge < -0.3 is 10.3 Å². The minimum Gasteiger partial charge on any atom is -0.336 e. The summed E-state index contributed by atoms with van der Waals surface area (Å²) in [6.45, 7) is 3.21. The molecule has 0 saturated carbocycles. The zero-order valence-electron chi connectivity index (χ0n) is 8.31. The van der Waals surface area contributed by atoms with Gasteiger partial charge in [-0.1, -0.05) is 0 Å². The van der Waals surface area contributed by atoms with E-state index in [9.17, 15) is 8.42 Å². The predicted octanol–water partition coefficient (Wildman–Crippen LogP) is -0.954. The Hall–Kier alpha value is -0.920. The molecule has 84 valence electrons. The van der Waals surface area contributed by atoms with Gasteiger partial charge in [0.15, 0.2) is 0 Å². The molecule has 0 aromatic carbocycles. The Morgan fingerprint density at radius 3 is 2.73 bits per heavy atom. The molecule has 0 unspecified atom stereocenters. The Bertz CT molecular complexity index is 394. The minimum atomic E-state index is -3.29. The summed E-state index contributed by atoms with van der Waals surface area (Å²) in [5.74, 6) is 0.0438. The molecule has 1 aromatic rings. The van der Waals surface area contributed by atoms with E-state index in [4.69, 9.17) is 0 Å². The van der Waals surface area contributed by atoms with Crippen LogP contribution < -0.4 is 5.32 Å². The van der Waals surface area contributed by atoms with Gasteiger partial charge in [-0.05, 0) is 0 Å². The zero-order chi connectivity index (χ0) is 10.7. The summed E-state index contributed by atoms with van der Waals surface area (Å²) in [5.41, 5.74) is 0. The van der Waals surface area contributed by atoms with Crippen LogP contribution in [-0.2, 0) is 9.84 Å². The first-order chi connectivity index (χ1) is 7.18. The molecule has 0 spiro atoms. The van der Waals surface area contributed by atoms with Crippen LogP contribution in [0.1, 0.15) is 0 Å². The van der Waals surface area contributed by atoms with Crippen LogP contribution in [0.3, 0.4) is 0 Å². The highest BCUT2D eigenvalue weighted by atomic mass is 32.2. The minimum absolute atomic E-state index is 0.0438. The fourth-order valence-electron chi connectivity index (χ4n) is 1.56. The molecule has 1 saturated heterocycles. The standard InChI is InChI=1S/C8H14N4O2S/c13-15(14,8-10-1-2-11-8)7-12-5-3-9-4-6-12/h1-2,9H,3-7H2,(H,10,11). The molecule has 0 atom stereocenters. The number of hydrogen-bond donors (Lipinski definition) is 2. The summed E-state index contributed by atoms with van der Waals surface area (Å²) in [6.07, 6.45) is 2.97. The van der Waals surface area contributed by atoms with Crippen LogP contribution in [0.2, 0.25) is 0 Å². The third kappa shape index (κ3) is 2.55. The van der Waals surface area contributed by atoms with E-state index >= 15 is 0 Å². The molecule has 1 fully saturated rings. The van der Waals surface area contributed by atoms with E-state index in [-0.39, 0.29) is 11.0 Å². The summed E-state index contributed by atoms with van der Waals surface area (Å²) >= 11 is 0. The predicted molar refractivity (Wildman–Crippen MR) is 55.1 cm³/mol. The van der Waals surface area contributed by atoms with Crippen molar-refractivity contribution in [3.8, 4) is 0 Å². The van der Waals surface area contributed by atoms with E-state index in [1.54, 1.807) is 0 Å². The molecular weight excluding hydrogens is 216 g/mol. The molecule has 6 nitrogen and oxygen atoms in total. The SMILES string of the molecule is O=S(=O)(CN1CCNCC1)c1ncc[nH]1. The van der Waals surface area contributed by atoms with E-state index in [0.717, 1.165) is 26.2 Å². The number of sulfone groups is 1. The van der Waals surface area contributed by atoms with Gasteiger partial charge in [-0.25, -0.2) is 13.4 Å². The zero-order valence-corrected chi connectivity index (χ0v) is 9.13. The monoisotopic (exact) mass is 230 g/mol. The molecule has 7 heteroatoms. The lowest BCUT2D eigenvalue weighted by molar-refractivity contribution is 0.274. The molecule has 0 radical (unpaired) electrons. The van der Waals surface area contributed by atoms with Gasteiger partial charge in [0.05, 0.1) is 0 Å². The van der Waals surface area contributed by atoms with Crippen LogP contribution in [0.15, 0.2) is 17.6 Å². The molecule has 1 aliphatic heterocycles. The van der Waals surface area contributed by atoms with Crippen molar-refractivity contribution in [2.75, 3.05) is 32.1 Å². The molecule has 2 rings (SSSR count). The lowest BCUT2D eigenvalue weighted by Crippen LogP contribution is -2.45. The summed E-state index contributed by atoms with van der Waals surface area (Å²) in [7, 11) is -3.29. The topological polar surface area (TPSA) is 78.1 Å². The van der Waals surface area contributed by atoms with Crippen LogP contribution >= 0.6 is 0 Å². The highest BCUT2D eigenvalue weighted by Gasteiger charge is 2.22. The second-order valence-corrected chi connectivity index (χ2v) is 5.38. The van der Waals surface area contributed by atoms with Crippen molar-refractivity contribution in [3.05, 3.63) is 12.4 Å². The Morgan fingerprint density at radius 2 is 2.13 bits per heavy atom. The van der Waals surface area contributed by atoms with Crippen LogP contribution in [0.25, 0.3) is 0 Å². The molecule has 2 heterocycles. The largest absolute Gasteiger partial charge is 0.336 e. The van der Waals surface area contributed by atoms with E-state index in [2.05, 4.69) is 15.3 Å². The van der Waals surface area contributed by atoms with Crippen molar-refractivity contribution in [1.82, 2.24) is 20.2 Å². The number of piperazine rings is 1. The molecule has 0 aliphatic carbocycles. The summed E-state index contributed by atoms with van der Waals surface area (Å²) in [4.78, 5) is 8.30. The van der Waals surface area contributed by atoms with Crippen LogP contribution in [0.5, 0.6) is 0 Å². The van der Waals surface area contributed by atoms with E-state index in [1.165, 1.54) is 12.4 Å². The van der Waals surface area contributed by atoms with Crippen molar-refractivity contribution in [1.29, 1.82) is 0 Å². The quantitative estimate of drug-likeness (QED) is 0.699. The fraction of sp³-hybridized carbons (Fsp3) is 0.625. The van der Waals surface area contributed by atoms with Crippen LogP contribution in [-0.4, -0.2) is 55.3 Å². The molecule has 2 N–H and O–H groups in total. The Morgan fingerprint density at radius 1 is 1.40 bits per heavy atom. The number of nitrogens with one attached hydrogen (secondary N) is 2. The molecular formula is C8H14N4O2S. The molecule has 1 aliphatic rings. The summed E-state index contributed by atoms with van der Waals surface area (Å²) < 4.78 is 23.6. The lowest BCUT2D eigenvalue weighted by Gasteiger charge is -2.26. The third-order valence-electron chi connectivity index (χ3n) is 2.33. The number of H-pyrrole nitrogens is 1. The highest BCUT2D eigenvalue weighted by molar-refractivity contribution is 7.91. The van der Waals surface area contributed by atoms with Gasteiger partial charge in [-0.2, -0.15) is 0 Å². The van der Waals surface area contributed by atoms with Crippen molar-refractivity contribution < 1.29 is 8.42 Å². The average molecular weight is 230 g/mol. The van der Waals surface area contributed by atoms with Gasteiger partial charge in [0.2, 0.25) is 15.0 Å². The second-order valence-electron chi connectivity index (χ2n) is 3.51. The molecule has 0 bridgehead atoms. The maximum Gasteiger partial charge on any atom is 0.226 e. The van der Waals surface area contributed by atoms with Gasteiger partial charge in [-0.3, -0.25) is 4.90 Å². The van der Waals surface area contributed by atoms with Crippen molar-refractivity contribution in [3.63, 3.8) is 0 Å². The first kappa shape index (κ1) is 10.6. The molecule has 1 aromatic heterocycles. The van der Waals surface area contributed by atoms with Gasteiger partial charge in [0.25, 0.3) is 0 Å². The smallest absolute Gasteiger partial charge is 0.226 e. The van der Waals surface area contributed by atoms with Gasteiger partial charge >= 0.3 is 0 Å². The number of nitrogens with zero attached hydrogens (tertiary/aromatic N) is 2. The summed E-state index contributed by atoms with van der Waals surface area (Å²) in [5, 5.41) is 3.23. The second kappa shape index (κ2) is 4.30. The van der Waals surface area contributed by atoms with Gasteiger partial charge in [0, 0.05) is 38.6 Å². The van der Waals surface area contributed by atoms with Gasteiger partial charge in [0.1, 0.15) is 5.88 Å². The number of aromatic amines is 1. The average Bonchev–Trinajstić information content (AvgIpc) is 2.71. The Kier molecular flexibility index (Phi) is 3.03. The number of aromatic nitrogens is 2. The normalized spacial score (nSPS) is 19.2. The Labute approximate surface area is 88.6 Å². The maximum atomic E-state index is 11.8. The maximum absolute atomic E-state index is 11.8. The van der Waals surface area contributed by atoms with Crippen molar-refractivity contribution in [2.45, 2.75) is 5.16 Å². The first-order valence-electron chi connectivity index (χ1n) is 4.84. The van der Waals surface area contributed by atoms with Crippen LogP contribution in [0.4, 0.5) is 0 Å². The highest BCUT2D eigenvalue weighted by Crippen LogP contribution is 2.06. The lowest BCUT2D eigenvalue weighted by atomic mass is 10.4. The van der Waals surface area contributed by atoms with E-state index in [0.29, 0.717) is 0 Å². The van der Waals surface area contributed by atoms with E-state index in [1.807, 2.05) is 4.90 Å². The molecule has 15 heavy (non-hydrogen) atoms. The van der Waals surface area contributed by atoms with Crippen molar-refractivity contribution >= 4 is 9.84 Å². The fourth-order valence-corrected chi connectivity index (χ4v) is 2.89. The first-order valence-corrected chi connectivity index (χ1v) is 6.49. The summed E-state index contributed by atoms with van der Waals surface area (Å²) in [6, 6.07) is 0. The van der Waals surface area contributed by atoms with E-state index < -0.39 is 9.84 Å². The number of hydrogen-bond acceptors (Lipinski definition) is 5. The van der Waals surface area contributed by atoms with Gasteiger partial charge in [-0.15, -0.1) is 0 Å². The number of imidazole rings is 1. The Balaban J connectivity index is 2.04. The molecule has 0 amide bonds. The number of rotatable bonds is 3. The third-order valence-corrected chi connectivity index (χ3v) is 3.85. The van der Waals surface area contributed by atoms with Crippen LogP contribution in [0, 0.1) is 0 Å².